The van der Waals surface area contributed by atoms with E-state index in [1.54, 1.807) is 0 Å². The number of ketones is 1. The normalized spacial score (nSPS) is 14.1. The van der Waals surface area contributed by atoms with Crippen molar-refractivity contribution in [1.29, 1.82) is 0 Å². The number of alkyl halides is 2. The molecule has 14 heavy (non-hydrogen) atoms. The van der Waals surface area contributed by atoms with Crippen LogP contribution < -0.4 is 0 Å². The molecule has 7 heteroatoms. The number of allylic oxidation sites excluding steroid dienone is 2. The van der Waals surface area contributed by atoms with E-state index in [1.807, 2.05) is 0 Å². The van der Waals surface area contributed by atoms with Gasteiger partial charge in [0, 0.05) is 12.2 Å². The fourth-order valence-corrected chi connectivity index (χ4v) is 0.538. The van der Waals surface area contributed by atoms with E-state index < -0.39 is 42.4 Å². The van der Waals surface area contributed by atoms with Crippen LogP contribution in [-0.4, -0.2) is 18.1 Å². The molecule has 2 atom stereocenters. The summed E-state index contributed by atoms with van der Waals surface area (Å²) in [5.41, 5.74) is 0. The van der Waals surface area contributed by atoms with Crippen LogP contribution in [0, 0.1) is 0 Å². The van der Waals surface area contributed by atoms with Gasteiger partial charge in [-0.2, -0.15) is 17.6 Å². The van der Waals surface area contributed by atoms with Crippen molar-refractivity contribution in [3.63, 3.8) is 0 Å². The van der Waals surface area contributed by atoms with Crippen LogP contribution in [0.25, 0.3) is 0 Å². The Bertz CT molecular complexity index is 237. The van der Waals surface area contributed by atoms with Crippen molar-refractivity contribution in [3.05, 3.63) is 24.3 Å². The van der Waals surface area contributed by atoms with Crippen molar-refractivity contribution in [3.8, 4) is 0 Å². The van der Waals surface area contributed by atoms with Gasteiger partial charge in [-0.05, 0) is 0 Å². The first kappa shape index (κ1) is 12.7. The summed E-state index contributed by atoms with van der Waals surface area (Å²) >= 11 is 0. The predicted octanol–water partition coefficient (Wildman–Crippen LogP) is 2.79. The van der Waals surface area contributed by atoms with E-state index >= 15 is 0 Å². The Morgan fingerprint density at radius 3 is 1.36 bits per heavy atom. The Morgan fingerprint density at radius 1 is 0.857 bits per heavy atom. The molecule has 80 valence electrons. The zero-order chi connectivity index (χ0) is 11.3. The van der Waals surface area contributed by atoms with Crippen molar-refractivity contribution in [1.82, 2.24) is 0 Å². The number of carbonyl (C=O) groups is 1. The number of halogens is 6. The molecule has 0 spiro atoms. The zero-order valence-electron chi connectivity index (χ0n) is 6.49. The first-order valence-electron chi connectivity index (χ1n) is 3.22. The average molecular weight is 218 g/mol. The van der Waals surface area contributed by atoms with Gasteiger partial charge in [-0.15, -0.1) is 0 Å². The second-order valence-electron chi connectivity index (χ2n) is 2.12. The molecule has 0 heterocycles. The summed E-state index contributed by atoms with van der Waals surface area (Å²) in [5.74, 6) is -1.99. The number of rotatable bonds is 4. The molecule has 0 aliphatic carbocycles. The van der Waals surface area contributed by atoms with Gasteiger partial charge in [0.1, 0.15) is 0 Å². The minimum absolute atomic E-state index is 0.459. The number of Topliss-reactive ketones (excluding diaryl/α,β-unsaturated/α-hetero) is 1. The van der Waals surface area contributed by atoms with Crippen LogP contribution in [0.5, 0.6) is 0 Å². The maximum absolute atomic E-state index is 12.3. The minimum Gasteiger partial charge on any atom is -0.292 e. The van der Waals surface area contributed by atoms with Gasteiger partial charge in [-0.25, -0.2) is 8.78 Å². The molecule has 0 amide bonds. The molecule has 0 aliphatic rings. The van der Waals surface area contributed by atoms with E-state index in [0.717, 1.165) is 0 Å². The van der Waals surface area contributed by atoms with Gasteiger partial charge in [-0.1, -0.05) is 0 Å². The van der Waals surface area contributed by atoms with E-state index in [-0.39, 0.29) is 0 Å². The van der Waals surface area contributed by atoms with Gasteiger partial charge < -0.3 is 0 Å². The maximum atomic E-state index is 12.3. The highest BCUT2D eigenvalue weighted by atomic mass is 19.3. The highest BCUT2D eigenvalue weighted by molar-refractivity contribution is 5.90. The molecule has 0 rings (SSSR count). The third kappa shape index (κ3) is 4.68. The van der Waals surface area contributed by atoms with Gasteiger partial charge in [0.25, 0.3) is 12.2 Å². The summed E-state index contributed by atoms with van der Waals surface area (Å²) in [6.07, 6.45) is -11.8. The van der Waals surface area contributed by atoms with E-state index in [9.17, 15) is 31.1 Å². The molecule has 0 aromatic rings. The summed E-state index contributed by atoms with van der Waals surface area (Å²) in [5, 5.41) is 0. The lowest BCUT2D eigenvalue weighted by Crippen LogP contribution is -2.23. The SMILES string of the molecule is O=C(C(F)C=C(F)F)C(F)C=C(F)F. The van der Waals surface area contributed by atoms with Crippen molar-refractivity contribution in [2.24, 2.45) is 0 Å². The average Bonchev–Trinajstić information content (AvgIpc) is 2.00. The van der Waals surface area contributed by atoms with E-state index in [4.69, 9.17) is 0 Å². The summed E-state index contributed by atoms with van der Waals surface area (Å²) in [4.78, 5) is 10.4. The van der Waals surface area contributed by atoms with Crippen molar-refractivity contribution in [2.75, 3.05) is 0 Å². The van der Waals surface area contributed by atoms with Gasteiger partial charge in [0.05, 0.1) is 0 Å². The van der Waals surface area contributed by atoms with Crippen LogP contribution in [0.2, 0.25) is 0 Å². The number of carbonyl (C=O) groups excluding carboxylic acids is 1. The Kier molecular flexibility index (Phi) is 4.96. The van der Waals surface area contributed by atoms with Crippen LogP contribution in [0.3, 0.4) is 0 Å². The smallest absolute Gasteiger partial charge is 0.269 e. The molecule has 0 saturated carbocycles. The summed E-state index contributed by atoms with van der Waals surface area (Å²) in [7, 11) is 0. The van der Waals surface area contributed by atoms with Gasteiger partial charge in [0.2, 0.25) is 5.78 Å². The molecule has 1 nitrogen and oxygen atoms in total. The summed E-state index contributed by atoms with van der Waals surface area (Å²) < 4.78 is 70.1. The Balaban J connectivity index is 4.48. The lowest BCUT2D eigenvalue weighted by atomic mass is 10.1. The predicted molar refractivity (Wildman–Crippen MR) is 35.4 cm³/mol. The van der Waals surface area contributed by atoms with E-state index in [2.05, 4.69) is 0 Å². The third-order valence-electron chi connectivity index (χ3n) is 1.09. The molecule has 0 fully saturated rings. The number of hydrogen-bond donors (Lipinski definition) is 0. The van der Waals surface area contributed by atoms with Crippen molar-refractivity contribution < 1.29 is 31.1 Å². The van der Waals surface area contributed by atoms with Crippen LogP contribution in [0.1, 0.15) is 0 Å². The monoisotopic (exact) mass is 218 g/mol. The lowest BCUT2D eigenvalue weighted by Gasteiger charge is -2.02. The minimum atomic E-state index is -2.93. The fourth-order valence-electron chi connectivity index (χ4n) is 0.538. The fraction of sp³-hybridized carbons (Fsp3) is 0.286. The molecule has 0 aromatic carbocycles. The highest BCUT2D eigenvalue weighted by Gasteiger charge is 2.25. The summed E-state index contributed by atoms with van der Waals surface area (Å²) in [6, 6.07) is 0. The van der Waals surface area contributed by atoms with E-state index in [0.29, 0.717) is 0 Å². The van der Waals surface area contributed by atoms with Crippen molar-refractivity contribution >= 4 is 5.78 Å². The van der Waals surface area contributed by atoms with Crippen LogP contribution in [0.15, 0.2) is 24.3 Å². The molecule has 0 bridgehead atoms. The first-order valence-corrected chi connectivity index (χ1v) is 3.22. The molecule has 0 N–H and O–H groups in total. The van der Waals surface area contributed by atoms with Crippen molar-refractivity contribution in [2.45, 2.75) is 12.3 Å². The Labute approximate surface area is 74.7 Å². The molecule has 0 radical (unpaired) electrons. The number of hydrogen-bond acceptors (Lipinski definition) is 1. The first-order chi connectivity index (χ1) is 6.34. The Morgan fingerprint density at radius 2 is 1.14 bits per heavy atom. The zero-order valence-corrected chi connectivity index (χ0v) is 6.49. The largest absolute Gasteiger partial charge is 0.292 e. The second kappa shape index (κ2) is 5.46. The molecular formula is C7H4F6O. The Hall–Kier alpha value is -1.27. The highest BCUT2D eigenvalue weighted by Crippen LogP contribution is 2.11. The molecule has 2 unspecified atom stereocenters. The lowest BCUT2D eigenvalue weighted by molar-refractivity contribution is -0.125. The molecule has 0 aromatic heterocycles. The van der Waals surface area contributed by atoms with Gasteiger partial charge in [-0.3, -0.25) is 4.79 Å². The topological polar surface area (TPSA) is 17.1 Å². The van der Waals surface area contributed by atoms with Crippen LogP contribution in [0.4, 0.5) is 26.3 Å². The van der Waals surface area contributed by atoms with Crippen LogP contribution in [-0.2, 0) is 4.79 Å². The molecule has 0 aliphatic heterocycles. The van der Waals surface area contributed by atoms with Gasteiger partial charge in [0.15, 0.2) is 12.3 Å². The van der Waals surface area contributed by atoms with Gasteiger partial charge >= 0.3 is 0 Å². The molecule has 0 saturated heterocycles. The quantitative estimate of drug-likeness (QED) is 0.663. The molecular weight excluding hydrogens is 214 g/mol. The second-order valence-corrected chi connectivity index (χ2v) is 2.12. The van der Waals surface area contributed by atoms with Crippen LogP contribution >= 0.6 is 0 Å². The standard InChI is InChI=1S/C7H4F6O/c8-3(1-5(10)11)7(14)4(9)2-6(12)13/h1-4H. The maximum Gasteiger partial charge on any atom is 0.269 e. The summed E-state index contributed by atoms with van der Waals surface area (Å²) in [6.45, 7) is 0. The third-order valence-corrected chi connectivity index (χ3v) is 1.09. The van der Waals surface area contributed by atoms with E-state index in [1.165, 1.54) is 0 Å².